The van der Waals surface area contributed by atoms with Crippen LogP contribution in [0.2, 0.25) is 0 Å². The monoisotopic (exact) mass is 231 g/mol. The molecule has 0 aliphatic heterocycles. The molecule has 3 rings (SSSR count). The third kappa shape index (κ3) is 1.12. The molecule has 2 aliphatic carbocycles. The maximum atomic E-state index is 11.2. The molecule has 17 heavy (non-hydrogen) atoms. The summed E-state index contributed by atoms with van der Waals surface area (Å²) in [6.07, 6.45) is 5.01. The second-order valence-electron chi connectivity index (χ2n) is 6.57. The summed E-state index contributed by atoms with van der Waals surface area (Å²) in [7, 11) is 0. The van der Waals surface area contributed by atoms with Crippen molar-refractivity contribution in [3.63, 3.8) is 0 Å². The molecule has 0 radical (unpaired) electrons. The van der Waals surface area contributed by atoms with Crippen LogP contribution in [0.5, 0.6) is 0 Å². The topological polar surface area (TPSA) is 33.1 Å². The van der Waals surface area contributed by atoms with Crippen molar-refractivity contribution < 1.29 is 5.11 Å². The summed E-state index contributed by atoms with van der Waals surface area (Å²) >= 11 is 0. The normalized spacial score (nSPS) is 42.9. The Kier molecular flexibility index (Phi) is 2.05. The van der Waals surface area contributed by atoms with E-state index in [1.54, 1.807) is 6.20 Å². The number of nitrogens with zero attached hydrogens (tertiary/aromatic N) is 1. The van der Waals surface area contributed by atoms with E-state index in [-0.39, 0.29) is 10.8 Å². The Morgan fingerprint density at radius 3 is 2.53 bits per heavy atom. The predicted octanol–water partition coefficient (Wildman–Crippen LogP) is 3.12. The fraction of sp³-hybridized carbons (Fsp3) is 0.667. The zero-order chi connectivity index (χ0) is 12.3. The highest BCUT2D eigenvalue weighted by atomic mass is 16.3. The third-order valence-corrected chi connectivity index (χ3v) is 5.98. The summed E-state index contributed by atoms with van der Waals surface area (Å²) < 4.78 is 0. The van der Waals surface area contributed by atoms with Crippen molar-refractivity contribution in [3.05, 3.63) is 30.1 Å². The number of hydrogen-bond acceptors (Lipinski definition) is 2. The Hall–Kier alpha value is -0.890. The Labute approximate surface area is 103 Å². The number of fused-ring (bicyclic) bond motifs is 2. The van der Waals surface area contributed by atoms with Crippen LogP contribution in [0, 0.1) is 16.7 Å². The van der Waals surface area contributed by atoms with E-state index in [1.165, 1.54) is 6.42 Å². The van der Waals surface area contributed by atoms with Gasteiger partial charge in [0.05, 0.1) is 5.69 Å². The van der Waals surface area contributed by atoms with Gasteiger partial charge >= 0.3 is 0 Å². The van der Waals surface area contributed by atoms with Gasteiger partial charge in [0.2, 0.25) is 0 Å². The molecule has 0 spiro atoms. The first kappa shape index (κ1) is 11.2. The average molecular weight is 231 g/mol. The zero-order valence-electron chi connectivity index (χ0n) is 10.9. The summed E-state index contributed by atoms with van der Waals surface area (Å²) in [5.41, 5.74) is 0.289. The van der Waals surface area contributed by atoms with Crippen LogP contribution in [0.3, 0.4) is 0 Å². The summed E-state index contributed by atoms with van der Waals surface area (Å²) in [5, 5.41) is 11.2. The summed E-state index contributed by atoms with van der Waals surface area (Å²) in [6, 6.07) is 5.86. The lowest BCUT2D eigenvalue weighted by atomic mass is 9.63. The number of hydrogen-bond donors (Lipinski definition) is 1. The molecule has 3 atom stereocenters. The Morgan fingerprint density at radius 1 is 1.29 bits per heavy atom. The minimum atomic E-state index is -0.735. The van der Waals surface area contributed by atoms with Crippen LogP contribution >= 0.6 is 0 Å². The third-order valence-electron chi connectivity index (χ3n) is 5.98. The summed E-state index contributed by atoms with van der Waals surface area (Å²) in [4.78, 5) is 4.41. The Morgan fingerprint density at radius 2 is 2.06 bits per heavy atom. The number of aromatic nitrogens is 1. The lowest BCUT2D eigenvalue weighted by Crippen LogP contribution is -2.45. The molecular formula is C15H21NO. The largest absolute Gasteiger partial charge is 0.383 e. The van der Waals surface area contributed by atoms with Gasteiger partial charge < -0.3 is 5.11 Å². The molecule has 92 valence electrons. The molecule has 2 fully saturated rings. The van der Waals surface area contributed by atoms with Crippen molar-refractivity contribution in [1.29, 1.82) is 0 Å². The van der Waals surface area contributed by atoms with Crippen molar-refractivity contribution >= 4 is 0 Å². The molecule has 1 unspecified atom stereocenters. The molecule has 0 saturated heterocycles. The van der Waals surface area contributed by atoms with Crippen molar-refractivity contribution in [3.8, 4) is 0 Å². The molecule has 2 bridgehead atoms. The van der Waals surface area contributed by atoms with Gasteiger partial charge in [0.1, 0.15) is 5.60 Å². The molecule has 0 amide bonds. The lowest BCUT2D eigenvalue weighted by molar-refractivity contribution is -0.0987. The smallest absolute Gasteiger partial charge is 0.113 e. The van der Waals surface area contributed by atoms with Gasteiger partial charge in [0.15, 0.2) is 0 Å². The first-order valence-corrected chi connectivity index (χ1v) is 6.56. The van der Waals surface area contributed by atoms with E-state index in [2.05, 4.69) is 25.8 Å². The first-order valence-electron chi connectivity index (χ1n) is 6.56. The second kappa shape index (κ2) is 3.11. The second-order valence-corrected chi connectivity index (χ2v) is 6.57. The van der Waals surface area contributed by atoms with Gasteiger partial charge in [-0.3, -0.25) is 4.98 Å². The van der Waals surface area contributed by atoms with Crippen molar-refractivity contribution in [1.82, 2.24) is 4.98 Å². The molecule has 1 N–H and O–H groups in total. The molecule has 1 aromatic rings. The number of rotatable bonds is 1. The van der Waals surface area contributed by atoms with Crippen molar-refractivity contribution in [2.24, 2.45) is 16.7 Å². The number of pyridine rings is 1. The standard InChI is InChI=1S/C15H21NO/c1-13(2)11-7-8-14(13,3)15(17,10-11)12-6-4-5-9-16-12/h4-6,9,11,17H,7-8,10H2,1-3H3/t11-,14?,15-/m0/s1. The minimum absolute atomic E-state index is 0.0426. The molecule has 1 heterocycles. The molecule has 2 saturated carbocycles. The van der Waals surface area contributed by atoms with E-state index in [9.17, 15) is 5.11 Å². The Balaban J connectivity index is 2.13. The first-order chi connectivity index (χ1) is 7.92. The van der Waals surface area contributed by atoms with Gasteiger partial charge in [-0.05, 0) is 42.7 Å². The highest BCUT2D eigenvalue weighted by Crippen LogP contribution is 2.72. The van der Waals surface area contributed by atoms with Crippen LogP contribution in [0.4, 0.5) is 0 Å². The quantitative estimate of drug-likeness (QED) is 0.805. The van der Waals surface area contributed by atoms with Crippen LogP contribution in [-0.4, -0.2) is 10.1 Å². The van der Waals surface area contributed by atoms with Gasteiger partial charge in [0, 0.05) is 11.6 Å². The van der Waals surface area contributed by atoms with Crippen molar-refractivity contribution in [2.75, 3.05) is 0 Å². The molecular weight excluding hydrogens is 210 g/mol. The van der Waals surface area contributed by atoms with Crippen LogP contribution in [-0.2, 0) is 5.60 Å². The van der Waals surface area contributed by atoms with E-state index in [4.69, 9.17) is 0 Å². The molecule has 2 nitrogen and oxygen atoms in total. The average Bonchev–Trinajstić information content (AvgIpc) is 2.62. The molecule has 2 aliphatic rings. The van der Waals surface area contributed by atoms with Crippen molar-refractivity contribution in [2.45, 2.75) is 45.6 Å². The van der Waals surface area contributed by atoms with Crippen LogP contribution in [0.15, 0.2) is 24.4 Å². The fourth-order valence-corrected chi connectivity index (χ4v) is 4.27. The SMILES string of the molecule is CC1(C)[C@H]2CCC1(C)[C@@](O)(c1ccccn1)C2. The van der Waals surface area contributed by atoms with Crippen LogP contribution in [0.1, 0.15) is 45.7 Å². The zero-order valence-corrected chi connectivity index (χ0v) is 10.9. The summed E-state index contributed by atoms with van der Waals surface area (Å²) in [6.45, 7) is 6.87. The van der Waals surface area contributed by atoms with E-state index in [0.717, 1.165) is 18.5 Å². The highest BCUT2D eigenvalue weighted by Gasteiger charge is 2.69. The summed E-state index contributed by atoms with van der Waals surface area (Å²) in [5.74, 6) is 0.625. The van der Waals surface area contributed by atoms with E-state index >= 15 is 0 Å². The minimum Gasteiger partial charge on any atom is -0.383 e. The van der Waals surface area contributed by atoms with E-state index in [1.807, 2.05) is 18.2 Å². The van der Waals surface area contributed by atoms with E-state index in [0.29, 0.717) is 5.92 Å². The molecule has 2 heteroatoms. The van der Waals surface area contributed by atoms with E-state index < -0.39 is 5.60 Å². The van der Waals surface area contributed by atoms with Crippen LogP contribution < -0.4 is 0 Å². The maximum Gasteiger partial charge on any atom is 0.113 e. The van der Waals surface area contributed by atoms with Gasteiger partial charge in [-0.25, -0.2) is 0 Å². The van der Waals surface area contributed by atoms with Gasteiger partial charge in [-0.1, -0.05) is 26.8 Å². The molecule has 0 aromatic carbocycles. The predicted molar refractivity (Wildman–Crippen MR) is 67.4 cm³/mol. The maximum absolute atomic E-state index is 11.2. The van der Waals surface area contributed by atoms with Crippen LogP contribution in [0.25, 0.3) is 0 Å². The highest BCUT2D eigenvalue weighted by molar-refractivity contribution is 5.27. The number of aliphatic hydroxyl groups is 1. The fourth-order valence-electron chi connectivity index (χ4n) is 4.27. The van der Waals surface area contributed by atoms with Gasteiger partial charge in [-0.15, -0.1) is 0 Å². The lowest BCUT2D eigenvalue weighted by Gasteiger charge is -2.44. The Bertz CT molecular complexity index is 441. The van der Waals surface area contributed by atoms with Gasteiger partial charge in [-0.2, -0.15) is 0 Å². The molecule has 1 aromatic heterocycles. The van der Waals surface area contributed by atoms with Gasteiger partial charge in [0.25, 0.3) is 0 Å².